The zero-order valence-corrected chi connectivity index (χ0v) is 13.4. The molecule has 2 rings (SSSR count). The molecule has 0 unspecified atom stereocenters. The average molecular weight is 281 g/mol. The molecular weight excluding hydrogens is 254 g/mol. The smallest absolute Gasteiger partial charge is 0.410 e. The van der Waals surface area contributed by atoms with E-state index in [0.29, 0.717) is 12.3 Å². The summed E-state index contributed by atoms with van der Waals surface area (Å²) in [6.07, 6.45) is 3.18. The van der Waals surface area contributed by atoms with Gasteiger partial charge in [0.2, 0.25) is 0 Å². The van der Waals surface area contributed by atoms with Crippen LogP contribution in [0.3, 0.4) is 0 Å². The molecular formula is C16H27NO3. The van der Waals surface area contributed by atoms with Crippen LogP contribution in [0.4, 0.5) is 4.79 Å². The molecule has 20 heavy (non-hydrogen) atoms. The molecule has 2 fully saturated rings. The lowest BCUT2D eigenvalue weighted by atomic mass is 9.51. The van der Waals surface area contributed by atoms with Crippen LogP contribution in [0.25, 0.3) is 0 Å². The molecule has 1 saturated carbocycles. The number of carbonyl (C=O) groups is 2. The Labute approximate surface area is 121 Å². The van der Waals surface area contributed by atoms with Gasteiger partial charge in [0.25, 0.3) is 0 Å². The molecule has 1 aliphatic heterocycles. The monoisotopic (exact) mass is 281 g/mol. The van der Waals surface area contributed by atoms with Crippen LogP contribution in [0.2, 0.25) is 0 Å². The van der Waals surface area contributed by atoms with Gasteiger partial charge >= 0.3 is 6.09 Å². The van der Waals surface area contributed by atoms with Crippen LogP contribution in [0.5, 0.6) is 0 Å². The number of ketones is 1. The van der Waals surface area contributed by atoms with Gasteiger partial charge in [-0.1, -0.05) is 13.8 Å². The first-order valence-corrected chi connectivity index (χ1v) is 7.80. The predicted molar refractivity (Wildman–Crippen MR) is 77.5 cm³/mol. The number of likely N-dealkylation sites (tertiary alicyclic amines) is 1. The van der Waals surface area contributed by atoms with Gasteiger partial charge in [0.1, 0.15) is 11.4 Å². The van der Waals surface area contributed by atoms with Gasteiger partial charge in [0.05, 0.1) is 11.5 Å². The number of nitrogens with zero attached hydrogens (tertiary/aromatic N) is 1. The highest BCUT2D eigenvalue weighted by molar-refractivity contribution is 5.96. The van der Waals surface area contributed by atoms with Gasteiger partial charge in [-0.2, -0.15) is 0 Å². The fraction of sp³-hybridized carbons (Fsp3) is 0.875. The quantitative estimate of drug-likeness (QED) is 0.779. The van der Waals surface area contributed by atoms with Gasteiger partial charge < -0.3 is 9.64 Å². The summed E-state index contributed by atoms with van der Waals surface area (Å²) >= 11 is 0. The lowest BCUT2D eigenvalue weighted by Gasteiger charge is -2.59. The Bertz CT molecular complexity index is 406. The molecule has 1 aliphatic carbocycles. The second-order valence-electron chi connectivity index (χ2n) is 7.09. The van der Waals surface area contributed by atoms with E-state index < -0.39 is 5.60 Å². The topological polar surface area (TPSA) is 46.6 Å². The first kappa shape index (κ1) is 15.3. The lowest BCUT2D eigenvalue weighted by Crippen LogP contribution is -2.71. The Morgan fingerprint density at radius 2 is 1.95 bits per heavy atom. The third-order valence-electron chi connectivity index (χ3n) is 4.91. The van der Waals surface area contributed by atoms with Crippen molar-refractivity contribution < 1.29 is 14.3 Å². The van der Waals surface area contributed by atoms with Gasteiger partial charge in [0, 0.05) is 12.5 Å². The van der Waals surface area contributed by atoms with Gasteiger partial charge in [-0.15, -0.1) is 0 Å². The van der Waals surface area contributed by atoms with E-state index in [1.54, 1.807) is 0 Å². The minimum atomic E-state index is -0.487. The van der Waals surface area contributed by atoms with E-state index >= 15 is 0 Å². The maximum Gasteiger partial charge on any atom is 0.410 e. The first-order chi connectivity index (χ1) is 9.27. The van der Waals surface area contributed by atoms with Gasteiger partial charge in [-0.3, -0.25) is 4.79 Å². The minimum absolute atomic E-state index is 0.0381. The summed E-state index contributed by atoms with van der Waals surface area (Å²) in [5, 5.41) is 0. The van der Waals surface area contributed by atoms with Crippen LogP contribution in [0.1, 0.15) is 60.3 Å². The average Bonchev–Trinajstić information content (AvgIpc) is 2.37. The number of hydrogen-bond donors (Lipinski definition) is 0. The molecule has 4 heteroatoms. The number of carbonyl (C=O) groups excluding carboxylic acids is 2. The number of rotatable bonds is 2. The Morgan fingerprint density at radius 3 is 2.45 bits per heavy atom. The number of hydrogen-bond acceptors (Lipinski definition) is 3. The van der Waals surface area contributed by atoms with Crippen molar-refractivity contribution in [2.24, 2.45) is 11.3 Å². The molecule has 114 valence electrons. The summed E-state index contributed by atoms with van der Waals surface area (Å²) in [5.41, 5.74) is -0.819. The van der Waals surface area contributed by atoms with E-state index in [1.807, 2.05) is 25.7 Å². The molecule has 0 radical (unpaired) electrons. The van der Waals surface area contributed by atoms with Crippen LogP contribution in [0.15, 0.2) is 0 Å². The second-order valence-corrected chi connectivity index (χ2v) is 7.09. The van der Waals surface area contributed by atoms with Crippen molar-refractivity contribution in [1.29, 1.82) is 0 Å². The van der Waals surface area contributed by atoms with Crippen molar-refractivity contribution in [1.82, 2.24) is 4.90 Å². The highest BCUT2D eigenvalue weighted by Gasteiger charge is 2.63. The highest BCUT2D eigenvalue weighted by Crippen LogP contribution is 2.53. The van der Waals surface area contributed by atoms with E-state index in [1.165, 1.54) is 0 Å². The maximum atomic E-state index is 12.5. The molecule has 0 aromatic heterocycles. The third-order valence-corrected chi connectivity index (χ3v) is 4.91. The van der Waals surface area contributed by atoms with Crippen molar-refractivity contribution >= 4 is 11.9 Å². The third kappa shape index (κ3) is 2.23. The maximum absolute atomic E-state index is 12.5. The number of amides is 1. The fourth-order valence-electron chi connectivity index (χ4n) is 3.91. The largest absolute Gasteiger partial charge is 0.444 e. The van der Waals surface area contributed by atoms with E-state index in [9.17, 15) is 9.59 Å². The number of Topliss-reactive ketones (excluding diaryl/α,β-unsaturated/α-hetero) is 1. The van der Waals surface area contributed by atoms with Gasteiger partial charge in [0.15, 0.2) is 0 Å². The van der Waals surface area contributed by atoms with E-state index in [0.717, 1.165) is 25.7 Å². The van der Waals surface area contributed by atoms with Gasteiger partial charge in [-0.05, 0) is 46.5 Å². The zero-order valence-electron chi connectivity index (χ0n) is 13.4. The minimum Gasteiger partial charge on any atom is -0.444 e. The highest BCUT2D eigenvalue weighted by atomic mass is 16.6. The van der Waals surface area contributed by atoms with Crippen molar-refractivity contribution in [3.63, 3.8) is 0 Å². The molecule has 2 atom stereocenters. The fourth-order valence-corrected chi connectivity index (χ4v) is 3.91. The van der Waals surface area contributed by atoms with E-state index in [2.05, 4.69) is 13.8 Å². The standard InChI is InChI=1S/C16H27NO3/c1-6-16(7-2)12-11(13(16)18)9-8-10-17(12)14(19)20-15(3,4)5/h11-12H,6-10H2,1-5H3/t11-,12+/m0/s1. The molecule has 2 aliphatic rings. The molecule has 1 amide bonds. The summed E-state index contributed by atoms with van der Waals surface area (Å²) in [6.45, 7) is 10.5. The Morgan fingerprint density at radius 1 is 1.35 bits per heavy atom. The first-order valence-electron chi connectivity index (χ1n) is 7.80. The van der Waals surface area contributed by atoms with Crippen molar-refractivity contribution in [2.75, 3.05) is 6.54 Å². The van der Waals surface area contributed by atoms with Crippen molar-refractivity contribution in [3.8, 4) is 0 Å². The summed E-state index contributed by atoms with van der Waals surface area (Å²) in [6, 6.07) is 0.0496. The predicted octanol–water partition coefficient (Wildman–Crippen LogP) is 3.39. The van der Waals surface area contributed by atoms with Crippen LogP contribution in [-0.4, -0.2) is 35.0 Å². The Balaban J connectivity index is 2.21. The Kier molecular flexibility index (Phi) is 3.87. The molecule has 1 saturated heterocycles. The van der Waals surface area contributed by atoms with E-state index in [4.69, 9.17) is 4.74 Å². The second kappa shape index (κ2) is 5.05. The molecule has 0 spiro atoms. The van der Waals surface area contributed by atoms with Crippen molar-refractivity contribution in [2.45, 2.75) is 71.9 Å². The van der Waals surface area contributed by atoms with Gasteiger partial charge in [-0.25, -0.2) is 4.79 Å². The van der Waals surface area contributed by atoms with Crippen LogP contribution < -0.4 is 0 Å². The summed E-state index contributed by atoms with van der Waals surface area (Å²) < 4.78 is 5.52. The molecule has 0 N–H and O–H groups in total. The summed E-state index contributed by atoms with van der Waals surface area (Å²) in [5.74, 6) is 0.400. The summed E-state index contributed by atoms with van der Waals surface area (Å²) in [4.78, 5) is 26.7. The van der Waals surface area contributed by atoms with Crippen LogP contribution >= 0.6 is 0 Å². The molecule has 1 heterocycles. The van der Waals surface area contributed by atoms with Crippen LogP contribution in [-0.2, 0) is 9.53 Å². The number of ether oxygens (including phenoxy) is 1. The summed E-state index contributed by atoms with van der Waals surface area (Å²) in [7, 11) is 0. The van der Waals surface area contributed by atoms with E-state index in [-0.39, 0.29) is 23.5 Å². The number of piperidine rings is 1. The molecule has 0 aromatic rings. The van der Waals surface area contributed by atoms with Crippen LogP contribution in [0, 0.1) is 11.3 Å². The lowest BCUT2D eigenvalue weighted by molar-refractivity contribution is -0.166. The molecule has 0 aromatic carbocycles. The normalized spacial score (nSPS) is 28.6. The SMILES string of the molecule is CCC1(CC)C(=O)[C@H]2CCCN(C(=O)OC(C)(C)C)[C@H]21. The molecule has 0 bridgehead atoms. The van der Waals surface area contributed by atoms with Crippen molar-refractivity contribution in [3.05, 3.63) is 0 Å². The number of fused-ring (bicyclic) bond motifs is 1. The Hall–Kier alpha value is -1.06. The zero-order chi connectivity index (χ0) is 15.1. The molecule has 4 nitrogen and oxygen atoms in total.